The summed E-state index contributed by atoms with van der Waals surface area (Å²) in [6.07, 6.45) is 0.715. The summed E-state index contributed by atoms with van der Waals surface area (Å²) in [4.78, 5) is 6.86. The highest BCUT2D eigenvalue weighted by Crippen LogP contribution is 2.48. The molecule has 0 spiro atoms. The topological polar surface area (TPSA) is 57.6 Å². The molecule has 0 radical (unpaired) electrons. The van der Waals surface area contributed by atoms with Crippen LogP contribution in [0.2, 0.25) is 0 Å². The van der Waals surface area contributed by atoms with E-state index >= 15 is 0 Å². The average molecular weight is 382 g/mol. The van der Waals surface area contributed by atoms with Crippen molar-refractivity contribution in [2.45, 2.75) is 16.7 Å². The first-order valence-electron chi connectivity index (χ1n) is 7.58. The summed E-state index contributed by atoms with van der Waals surface area (Å²) in [5.41, 5.74) is 4.55. The maximum Gasteiger partial charge on any atom is 0.261 e. The highest BCUT2D eigenvalue weighted by Gasteiger charge is 2.29. The molecule has 24 heavy (non-hydrogen) atoms. The van der Waals surface area contributed by atoms with Crippen LogP contribution in [0.1, 0.15) is 17.4 Å². The molecule has 4 nitrogen and oxygen atoms in total. The number of hydrogen-bond acceptors (Lipinski definition) is 5. The number of nitrogens with zero attached hydrogens (tertiary/aromatic N) is 1. The Morgan fingerprint density at radius 1 is 1.12 bits per heavy atom. The van der Waals surface area contributed by atoms with Crippen LogP contribution in [0.5, 0.6) is 0 Å². The van der Waals surface area contributed by atoms with Crippen LogP contribution >= 0.6 is 23.1 Å². The number of hydrogen-bond donors (Lipinski definition) is 1. The third kappa shape index (κ3) is 3.92. The lowest BCUT2D eigenvalue weighted by Crippen LogP contribution is -2.20. The maximum atomic E-state index is 9.19. The van der Waals surface area contributed by atoms with Crippen molar-refractivity contribution in [2.75, 3.05) is 25.9 Å². The molecular weight excluding hydrogens is 362 g/mol. The quantitative estimate of drug-likeness (QED) is 0.758. The van der Waals surface area contributed by atoms with Crippen LogP contribution in [0.4, 0.5) is 0 Å². The van der Waals surface area contributed by atoms with E-state index < -0.39 is 10.1 Å². The van der Waals surface area contributed by atoms with Crippen LogP contribution in [0.25, 0.3) is 11.1 Å². The average Bonchev–Trinajstić information content (AvgIpc) is 3.10. The van der Waals surface area contributed by atoms with Gasteiger partial charge in [-0.15, -0.1) is 11.3 Å². The summed E-state index contributed by atoms with van der Waals surface area (Å²) in [6, 6.07) is 11.1. The summed E-state index contributed by atoms with van der Waals surface area (Å²) in [5.74, 6) is 0. The Labute approximate surface area is 150 Å². The minimum absolute atomic E-state index is 0.715. The number of thiophene rings is 1. The van der Waals surface area contributed by atoms with E-state index in [1.54, 1.807) is 11.1 Å². The van der Waals surface area contributed by atoms with E-state index in [1.807, 2.05) is 23.1 Å². The van der Waals surface area contributed by atoms with Gasteiger partial charge in [0, 0.05) is 27.8 Å². The molecule has 0 atom stereocenters. The van der Waals surface area contributed by atoms with Gasteiger partial charge in [-0.3, -0.25) is 9.45 Å². The number of benzene rings is 1. The number of likely N-dealkylation sites (N-methyl/N-ethyl adjacent to an activating group) is 1. The second kappa shape index (κ2) is 7.01. The summed E-state index contributed by atoms with van der Waals surface area (Å²) in [6.45, 7) is 5.58. The van der Waals surface area contributed by atoms with Gasteiger partial charge in [0.2, 0.25) is 0 Å². The lowest BCUT2D eigenvalue weighted by Gasteiger charge is -2.14. The fraction of sp³-hybridized carbons (Fsp3) is 0.294. The van der Waals surface area contributed by atoms with Gasteiger partial charge in [0.1, 0.15) is 0 Å². The molecule has 0 aliphatic carbocycles. The Morgan fingerprint density at radius 2 is 1.79 bits per heavy atom. The van der Waals surface area contributed by atoms with Crippen LogP contribution in [-0.4, -0.2) is 43.8 Å². The molecule has 0 saturated heterocycles. The van der Waals surface area contributed by atoms with E-state index in [0.29, 0.717) is 6.26 Å². The molecule has 3 heterocycles. The first kappa shape index (κ1) is 17.7. The van der Waals surface area contributed by atoms with E-state index in [2.05, 4.69) is 47.5 Å². The molecule has 1 aromatic heterocycles. The summed E-state index contributed by atoms with van der Waals surface area (Å²) in [7, 11) is -3.67. The van der Waals surface area contributed by atoms with E-state index in [1.165, 1.54) is 20.2 Å². The molecule has 0 saturated carbocycles. The molecule has 7 heteroatoms. The van der Waals surface area contributed by atoms with E-state index in [4.69, 9.17) is 4.55 Å². The molecule has 0 unspecified atom stereocenters. The van der Waals surface area contributed by atoms with Crippen LogP contribution in [0.3, 0.4) is 0 Å². The predicted octanol–water partition coefficient (Wildman–Crippen LogP) is 3.96. The number of rotatable bonds is 1. The number of fused-ring (bicyclic) bond motifs is 4. The normalized spacial score (nSPS) is 16.6. The highest BCUT2D eigenvalue weighted by atomic mass is 32.2. The van der Waals surface area contributed by atoms with Crippen molar-refractivity contribution in [1.82, 2.24) is 4.90 Å². The molecular formula is C17H19NO3S3. The molecule has 2 aromatic rings. The second-order valence-corrected chi connectivity index (χ2v) is 9.17. The Kier molecular flexibility index (Phi) is 5.17. The highest BCUT2D eigenvalue weighted by molar-refractivity contribution is 7.99. The van der Waals surface area contributed by atoms with Gasteiger partial charge >= 0.3 is 0 Å². The Bertz CT molecular complexity index is 876. The van der Waals surface area contributed by atoms with Crippen LogP contribution in [0, 0.1) is 0 Å². The predicted molar refractivity (Wildman–Crippen MR) is 101 cm³/mol. The maximum absolute atomic E-state index is 9.19. The first-order valence-corrected chi connectivity index (χ1v) is 11.1. The zero-order valence-electron chi connectivity index (χ0n) is 13.5. The summed E-state index contributed by atoms with van der Waals surface area (Å²) < 4.78 is 25.9. The molecule has 1 aromatic carbocycles. The zero-order chi connectivity index (χ0) is 17.3. The van der Waals surface area contributed by atoms with Crippen molar-refractivity contribution in [3.8, 4) is 0 Å². The van der Waals surface area contributed by atoms with E-state index in [0.717, 1.165) is 19.6 Å². The van der Waals surface area contributed by atoms with Crippen molar-refractivity contribution in [3.05, 3.63) is 46.2 Å². The Morgan fingerprint density at radius 3 is 2.50 bits per heavy atom. The fourth-order valence-corrected chi connectivity index (χ4v) is 5.14. The van der Waals surface area contributed by atoms with Gasteiger partial charge in [-0.1, -0.05) is 36.9 Å². The standard InChI is InChI=1S/C16H15NS2.CH4O3S/c1-2-17-9-12-11-5-3-4-6-14(11)19-15-7-8-18-16(15)13(12)10-17;1-5(2,3)4/h3-8H,2,9-10H2,1H3;1H3,(H,2,3,4). The van der Waals surface area contributed by atoms with Gasteiger partial charge in [0.05, 0.1) is 6.26 Å². The van der Waals surface area contributed by atoms with Crippen LogP contribution in [0.15, 0.2) is 45.5 Å². The molecule has 4 rings (SSSR count). The van der Waals surface area contributed by atoms with E-state index in [-0.39, 0.29) is 0 Å². The third-order valence-corrected chi connectivity index (χ3v) is 6.15. The SMILES string of the molecule is CCN1CC2=C(C1)c1sccc1Sc1ccccc12.CS(=O)(=O)O. The fourth-order valence-electron chi connectivity index (χ4n) is 2.90. The molecule has 2 aliphatic heterocycles. The smallest absolute Gasteiger partial charge is 0.261 e. The van der Waals surface area contributed by atoms with E-state index in [9.17, 15) is 8.42 Å². The molecule has 2 aliphatic rings. The van der Waals surface area contributed by atoms with Crippen molar-refractivity contribution >= 4 is 44.4 Å². The summed E-state index contributed by atoms with van der Waals surface area (Å²) in [5, 5.41) is 2.23. The van der Waals surface area contributed by atoms with Crippen LogP contribution < -0.4 is 0 Å². The lowest BCUT2D eigenvalue weighted by molar-refractivity contribution is 0.379. The Balaban J connectivity index is 0.000000300. The van der Waals surface area contributed by atoms with Crippen molar-refractivity contribution in [3.63, 3.8) is 0 Å². The van der Waals surface area contributed by atoms with Gasteiger partial charge in [-0.2, -0.15) is 8.42 Å². The molecule has 0 fully saturated rings. The zero-order valence-corrected chi connectivity index (χ0v) is 16.0. The largest absolute Gasteiger partial charge is 0.295 e. The van der Waals surface area contributed by atoms with Crippen molar-refractivity contribution in [2.24, 2.45) is 0 Å². The molecule has 1 N–H and O–H groups in total. The first-order chi connectivity index (χ1) is 11.4. The van der Waals surface area contributed by atoms with Crippen molar-refractivity contribution < 1.29 is 13.0 Å². The third-order valence-electron chi connectivity index (χ3n) is 3.91. The van der Waals surface area contributed by atoms with Gasteiger partial charge in [-0.05, 0) is 40.8 Å². The van der Waals surface area contributed by atoms with Gasteiger partial charge < -0.3 is 0 Å². The summed E-state index contributed by atoms with van der Waals surface area (Å²) >= 11 is 3.82. The lowest BCUT2D eigenvalue weighted by atomic mass is 10.0. The monoisotopic (exact) mass is 381 g/mol. The van der Waals surface area contributed by atoms with Gasteiger partial charge in [0.25, 0.3) is 10.1 Å². The second-order valence-electron chi connectivity index (χ2n) is 5.71. The van der Waals surface area contributed by atoms with Gasteiger partial charge in [0.15, 0.2) is 0 Å². The van der Waals surface area contributed by atoms with Crippen molar-refractivity contribution in [1.29, 1.82) is 0 Å². The Hall–Kier alpha value is -1.12. The van der Waals surface area contributed by atoms with Gasteiger partial charge in [-0.25, -0.2) is 0 Å². The molecule has 0 amide bonds. The van der Waals surface area contributed by atoms with Crippen LogP contribution in [-0.2, 0) is 10.1 Å². The minimum atomic E-state index is -3.67. The minimum Gasteiger partial charge on any atom is -0.295 e. The molecule has 128 valence electrons. The molecule has 0 bridgehead atoms.